The molecule has 0 radical (unpaired) electrons. The van der Waals surface area contributed by atoms with Crippen LogP contribution in [0.15, 0.2) is 60.2 Å². The molecule has 0 bridgehead atoms. The first kappa shape index (κ1) is 23.1. The van der Waals surface area contributed by atoms with Crippen LogP contribution < -0.4 is 0 Å². The fourth-order valence-electron chi connectivity index (χ4n) is 9.24. The van der Waals surface area contributed by atoms with Crippen molar-refractivity contribution in [3.05, 3.63) is 65.8 Å². The van der Waals surface area contributed by atoms with Gasteiger partial charge in [-0.1, -0.05) is 74.9 Å². The summed E-state index contributed by atoms with van der Waals surface area (Å²) in [6, 6.07) is 16.2. The molecule has 6 atom stereocenters. The second-order valence-electron chi connectivity index (χ2n) is 12.9. The van der Waals surface area contributed by atoms with Gasteiger partial charge in [0.15, 0.2) is 0 Å². The molecule has 1 amide bonds. The van der Waals surface area contributed by atoms with E-state index >= 15 is 0 Å². The maximum absolute atomic E-state index is 12.0. The minimum absolute atomic E-state index is 0.200. The first-order valence-corrected chi connectivity index (χ1v) is 13.8. The van der Waals surface area contributed by atoms with Crippen molar-refractivity contribution in [3.8, 4) is 0 Å². The van der Waals surface area contributed by atoms with Crippen molar-refractivity contribution in [1.82, 2.24) is 4.90 Å². The number of hydrogen-bond acceptors (Lipinski definition) is 1. The number of amides is 1. The predicted octanol–water partition coefficient (Wildman–Crippen LogP) is 8.03. The van der Waals surface area contributed by atoms with Crippen molar-refractivity contribution in [2.45, 2.75) is 78.7 Å². The van der Waals surface area contributed by atoms with Gasteiger partial charge in [0.05, 0.1) is 0 Å². The van der Waals surface area contributed by atoms with Crippen molar-refractivity contribution < 1.29 is 4.79 Å². The molecule has 2 aromatic rings. The molecule has 2 fully saturated rings. The molecule has 0 unspecified atom stereocenters. The highest BCUT2D eigenvalue weighted by molar-refractivity contribution is 5.87. The van der Waals surface area contributed by atoms with Gasteiger partial charge in [-0.3, -0.25) is 4.79 Å². The van der Waals surface area contributed by atoms with Crippen LogP contribution in [0.2, 0.25) is 0 Å². The number of benzene rings is 2. The highest BCUT2D eigenvalue weighted by Gasteiger charge is 2.62. The lowest BCUT2D eigenvalue weighted by Crippen LogP contribution is -2.56. The van der Waals surface area contributed by atoms with E-state index in [9.17, 15) is 4.79 Å². The van der Waals surface area contributed by atoms with E-state index in [1.807, 2.05) is 11.9 Å². The Hall–Kier alpha value is -2.35. The maximum Gasteiger partial charge on any atom is 0.219 e. The summed E-state index contributed by atoms with van der Waals surface area (Å²) >= 11 is 0. The molecule has 184 valence electrons. The Morgan fingerprint density at radius 2 is 1.66 bits per heavy atom. The highest BCUT2D eigenvalue weighted by Crippen LogP contribution is 2.71. The third kappa shape index (κ3) is 3.24. The summed E-state index contributed by atoms with van der Waals surface area (Å²) in [6.45, 7) is 9.49. The molecule has 35 heavy (non-hydrogen) atoms. The van der Waals surface area contributed by atoms with E-state index in [-0.39, 0.29) is 16.7 Å². The number of rotatable bonds is 2. The van der Waals surface area contributed by atoms with Crippen molar-refractivity contribution in [2.24, 2.45) is 28.1 Å². The summed E-state index contributed by atoms with van der Waals surface area (Å²) < 4.78 is 0. The van der Waals surface area contributed by atoms with E-state index in [1.165, 1.54) is 48.4 Å². The molecule has 2 heteroatoms. The first-order valence-electron chi connectivity index (χ1n) is 13.8. The molecule has 4 aliphatic rings. The topological polar surface area (TPSA) is 20.3 Å². The van der Waals surface area contributed by atoms with Gasteiger partial charge < -0.3 is 4.90 Å². The monoisotopic (exact) mass is 467 g/mol. The zero-order valence-corrected chi connectivity index (χ0v) is 22.2. The summed E-state index contributed by atoms with van der Waals surface area (Å²) in [5.41, 5.74) is 5.55. The lowest BCUT2D eigenvalue weighted by atomic mass is 9.41. The molecule has 2 saturated carbocycles. The Labute approximate surface area is 211 Å². The summed E-state index contributed by atoms with van der Waals surface area (Å²) in [6.07, 6.45) is 13.7. The zero-order valence-electron chi connectivity index (χ0n) is 22.2. The number of allylic oxidation sites excluding steroid dienone is 3. The van der Waals surface area contributed by atoms with E-state index in [1.54, 1.807) is 18.1 Å². The largest absolute Gasteiger partial charge is 0.343 e. The van der Waals surface area contributed by atoms with Gasteiger partial charge in [0, 0.05) is 20.0 Å². The van der Waals surface area contributed by atoms with Crippen LogP contribution in [0.4, 0.5) is 0 Å². The van der Waals surface area contributed by atoms with E-state index in [2.05, 4.69) is 75.4 Å². The van der Waals surface area contributed by atoms with Gasteiger partial charge in [0.1, 0.15) is 0 Å². The molecule has 2 nitrogen and oxygen atoms in total. The Morgan fingerprint density at radius 1 is 0.914 bits per heavy atom. The molecule has 0 heterocycles. The van der Waals surface area contributed by atoms with Crippen molar-refractivity contribution >= 4 is 22.3 Å². The average molecular weight is 468 g/mol. The van der Waals surface area contributed by atoms with Crippen LogP contribution in [-0.4, -0.2) is 23.9 Å². The number of nitrogens with zero attached hydrogens (tertiary/aromatic N) is 1. The average Bonchev–Trinajstić information content (AvgIpc) is 3.21. The molecule has 6 rings (SSSR count). The Morgan fingerprint density at radius 3 is 2.43 bits per heavy atom. The van der Waals surface area contributed by atoms with E-state index < -0.39 is 0 Å². The fraction of sp³-hybridized carbons (Fsp3) is 0.545. The van der Waals surface area contributed by atoms with Gasteiger partial charge in [-0.25, -0.2) is 0 Å². The quantitative estimate of drug-likeness (QED) is 0.409. The number of hydrogen-bond donors (Lipinski definition) is 0. The molecular weight excluding hydrogens is 426 g/mol. The summed E-state index contributed by atoms with van der Waals surface area (Å²) in [4.78, 5) is 14.0. The molecule has 0 aromatic heterocycles. The first-order chi connectivity index (χ1) is 16.7. The molecule has 0 N–H and O–H groups in total. The van der Waals surface area contributed by atoms with Crippen LogP contribution in [0, 0.1) is 28.1 Å². The van der Waals surface area contributed by atoms with Crippen LogP contribution in [0.3, 0.4) is 0 Å². The van der Waals surface area contributed by atoms with Crippen LogP contribution in [0.25, 0.3) is 16.3 Å². The maximum atomic E-state index is 12.0. The summed E-state index contributed by atoms with van der Waals surface area (Å²) in [7, 11) is 1.99. The third-order valence-electron chi connectivity index (χ3n) is 11.3. The lowest BCUT2D eigenvalue weighted by Gasteiger charge is -2.63. The Kier molecular flexibility index (Phi) is 5.16. The lowest BCUT2D eigenvalue weighted by molar-refractivity contribution is -0.131. The molecule has 2 aromatic carbocycles. The van der Waals surface area contributed by atoms with Crippen molar-refractivity contribution in [3.63, 3.8) is 0 Å². The molecule has 4 aliphatic carbocycles. The molecule has 0 aliphatic heterocycles. The SMILES string of the molecule is CC(=O)N(C)[C@@H]1CC[C@@]2(C)C(=CC[C@]3(C)[C@@H]2CC[C@]2(C)C(c4ccc5ccccc5c4)=CC[C@@H]32)C1. The number of carbonyl (C=O) groups is 1. The normalized spacial score (nSPS) is 38.1. The molecular formula is C33H41NO. The van der Waals surface area contributed by atoms with Crippen LogP contribution in [0.1, 0.15) is 78.2 Å². The standard InChI is InChI=1S/C33H41NO/c1-22(35)34(5)27-15-18-31(2)26(21-27)14-17-33(4)29-13-12-28(32(29,3)19-16-30(31)33)25-11-10-23-8-6-7-9-24(23)20-25/h6-12,14,20,27,29-30H,13,15-19,21H2,1-5H3/t27-,29-,30-,31+,32-,33+/m1/s1. The Bertz CT molecular complexity index is 1250. The van der Waals surface area contributed by atoms with Gasteiger partial charge in [-0.15, -0.1) is 0 Å². The van der Waals surface area contributed by atoms with E-state index in [4.69, 9.17) is 0 Å². The van der Waals surface area contributed by atoms with E-state index in [0.717, 1.165) is 18.8 Å². The smallest absolute Gasteiger partial charge is 0.219 e. The highest BCUT2D eigenvalue weighted by atomic mass is 16.2. The fourth-order valence-corrected chi connectivity index (χ4v) is 9.24. The molecule has 0 saturated heterocycles. The van der Waals surface area contributed by atoms with Gasteiger partial charge in [0.25, 0.3) is 0 Å². The minimum Gasteiger partial charge on any atom is -0.343 e. The Balaban J connectivity index is 1.32. The van der Waals surface area contributed by atoms with Gasteiger partial charge in [-0.05, 0) is 101 Å². The second kappa shape index (κ2) is 7.82. The van der Waals surface area contributed by atoms with Crippen molar-refractivity contribution in [1.29, 1.82) is 0 Å². The predicted molar refractivity (Wildman–Crippen MR) is 146 cm³/mol. The van der Waals surface area contributed by atoms with E-state index in [0.29, 0.717) is 17.4 Å². The zero-order chi connectivity index (χ0) is 24.6. The molecule has 0 spiro atoms. The second-order valence-corrected chi connectivity index (χ2v) is 12.9. The van der Waals surface area contributed by atoms with Crippen molar-refractivity contribution in [2.75, 3.05) is 7.05 Å². The minimum atomic E-state index is 0.200. The van der Waals surface area contributed by atoms with Crippen LogP contribution in [-0.2, 0) is 4.79 Å². The van der Waals surface area contributed by atoms with Crippen LogP contribution >= 0.6 is 0 Å². The number of carbonyl (C=O) groups excluding carboxylic acids is 1. The summed E-state index contributed by atoms with van der Waals surface area (Å²) in [5.74, 6) is 1.63. The van der Waals surface area contributed by atoms with Gasteiger partial charge >= 0.3 is 0 Å². The summed E-state index contributed by atoms with van der Waals surface area (Å²) in [5, 5.41) is 2.68. The van der Waals surface area contributed by atoms with Crippen LogP contribution in [0.5, 0.6) is 0 Å². The number of fused-ring (bicyclic) bond motifs is 6. The van der Waals surface area contributed by atoms with Gasteiger partial charge in [-0.2, -0.15) is 0 Å². The third-order valence-corrected chi connectivity index (χ3v) is 11.3. The van der Waals surface area contributed by atoms with Gasteiger partial charge in [0.2, 0.25) is 5.91 Å².